The first kappa shape index (κ1) is 88.4. The highest BCUT2D eigenvalue weighted by Crippen LogP contribution is 2.39. The number of benzene rings is 2. The average molecular weight is 1590 g/mol. The lowest BCUT2D eigenvalue weighted by Crippen LogP contribution is -2.65. The van der Waals surface area contributed by atoms with E-state index in [1.165, 1.54) is 76.5 Å². The molecule has 4 aliphatic heterocycles. The fraction of sp³-hybridized carbons (Fsp3) is 0.692. The SMILES string of the molecule is CCCN1C(=O)[C@@H]2CCN2C(=O)[C@H](C)N(C)C(=O)[C@H]([C@@H](C)CC)NC(=O)[C@H](CC(C)C)N(C)C(=O)C[C@@H](C(=O)N2CCOCC2)N(C)C(=O)[C@H](C2CCCC2)N(C)C(=O)C2(CCCC2)NC(=O)[C@@H]2C[C@H](OCC)CN2C(=O)[C@H](CCc2ccc(C(F)(F)F)c(Cl)c2)NC(=O)CN(C)C(=O)[C@@H]1Cc1ccc(C(F)(F)F)cc1. The Balaban J connectivity index is 1.24. The van der Waals surface area contributed by atoms with Gasteiger partial charge < -0.3 is 69.5 Å². The summed E-state index contributed by atoms with van der Waals surface area (Å²) in [6.45, 7) is 11.4. The number of morpholine rings is 1. The molecule has 0 aromatic heterocycles. The number of hydrogen-bond donors (Lipinski definition) is 3. The van der Waals surface area contributed by atoms with E-state index in [4.69, 9.17) is 21.1 Å². The molecule has 1 spiro atoms. The van der Waals surface area contributed by atoms with E-state index in [9.17, 15) is 35.9 Å². The molecule has 26 nitrogen and oxygen atoms in total. The van der Waals surface area contributed by atoms with Crippen molar-refractivity contribution in [2.75, 3.05) is 94.3 Å². The van der Waals surface area contributed by atoms with Crippen LogP contribution in [-0.2, 0) is 92.2 Å². The van der Waals surface area contributed by atoms with E-state index >= 15 is 47.9 Å². The van der Waals surface area contributed by atoms with Crippen LogP contribution in [0.15, 0.2) is 42.5 Å². The number of hydrogen-bond acceptors (Lipinski definition) is 14. The number of alkyl halides is 6. The summed E-state index contributed by atoms with van der Waals surface area (Å²) in [4.78, 5) is 194. The number of likely N-dealkylation sites (N-methyl/N-ethyl adjacent to an activating group) is 5. The molecule has 0 radical (unpaired) electrons. The lowest BCUT2D eigenvalue weighted by atomic mass is 9.90. The molecule has 3 N–H and O–H groups in total. The number of carbonyl (C=O) groups excluding carboxylic acids is 12. The third kappa shape index (κ3) is 21.0. The van der Waals surface area contributed by atoms with Crippen molar-refractivity contribution >= 4 is 82.5 Å². The summed E-state index contributed by atoms with van der Waals surface area (Å²) in [6, 6.07) is -5.65. The second-order valence-corrected chi connectivity index (χ2v) is 31.6. The molecular weight excluding hydrogens is 1480 g/mol. The van der Waals surface area contributed by atoms with E-state index in [1.54, 1.807) is 27.7 Å². The number of nitrogens with zero attached hydrogens (tertiary/aromatic N) is 9. The van der Waals surface area contributed by atoms with Gasteiger partial charge in [-0.1, -0.05) is 96.5 Å². The van der Waals surface area contributed by atoms with Gasteiger partial charge in [-0.2, -0.15) is 26.3 Å². The van der Waals surface area contributed by atoms with Crippen molar-refractivity contribution in [3.05, 3.63) is 69.7 Å². The second-order valence-electron chi connectivity index (χ2n) is 31.2. The van der Waals surface area contributed by atoms with Crippen molar-refractivity contribution in [2.45, 2.75) is 236 Å². The highest BCUT2D eigenvalue weighted by Gasteiger charge is 2.53. The van der Waals surface area contributed by atoms with E-state index in [0.29, 0.717) is 44.9 Å². The third-order valence-corrected chi connectivity index (χ3v) is 23.5. The monoisotopic (exact) mass is 1590 g/mol. The van der Waals surface area contributed by atoms with E-state index in [1.807, 2.05) is 13.8 Å². The fourth-order valence-electron chi connectivity index (χ4n) is 16.3. The normalized spacial score (nSPS) is 26.9. The summed E-state index contributed by atoms with van der Waals surface area (Å²) in [5, 5.41) is 7.98. The zero-order valence-electron chi connectivity index (χ0n) is 65.8. The predicted octanol–water partition coefficient (Wildman–Crippen LogP) is 6.50. The number of fused-ring (bicyclic) bond motifs is 2. The first-order valence-electron chi connectivity index (χ1n) is 38.9. The minimum absolute atomic E-state index is 0.00428. The Bertz CT molecular complexity index is 3690. The number of halogens is 7. The van der Waals surface area contributed by atoms with E-state index < -0.39 is 197 Å². The van der Waals surface area contributed by atoms with E-state index in [-0.39, 0.29) is 121 Å². The molecule has 616 valence electrons. The quantitative estimate of drug-likeness (QED) is 0.161. The molecule has 111 heavy (non-hydrogen) atoms. The third-order valence-electron chi connectivity index (χ3n) is 23.2. The molecule has 33 heteroatoms. The molecule has 6 fully saturated rings. The zero-order chi connectivity index (χ0) is 81.9. The van der Waals surface area contributed by atoms with Crippen LogP contribution in [0.5, 0.6) is 0 Å². The Morgan fingerprint density at radius 3 is 1.89 bits per heavy atom. The highest BCUT2D eigenvalue weighted by molar-refractivity contribution is 6.31. The number of ether oxygens (including phenoxy) is 2. The maximum absolute atomic E-state index is 15.9. The van der Waals surface area contributed by atoms with Gasteiger partial charge in [0.2, 0.25) is 70.9 Å². The summed E-state index contributed by atoms with van der Waals surface area (Å²) in [7, 11) is 6.83. The van der Waals surface area contributed by atoms with Crippen molar-refractivity contribution in [1.29, 1.82) is 0 Å². The van der Waals surface area contributed by atoms with Gasteiger partial charge in [0.15, 0.2) is 0 Å². The lowest BCUT2D eigenvalue weighted by Gasteiger charge is -2.46. The number of nitrogens with one attached hydrogen (secondary N) is 3. The molecule has 0 bridgehead atoms. The van der Waals surface area contributed by atoms with Crippen LogP contribution in [0.4, 0.5) is 26.3 Å². The molecule has 2 saturated carbocycles. The zero-order valence-corrected chi connectivity index (χ0v) is 66.6. The molecule has 2 aromatic rings. The van der Waals surface area contributed by atoms with Gasteiger partial charge in [-0.25, -0.2) is 0 Å². The molecular formula is C78H111ClF6N12O14. The van der Waals surface area contributed by atoms with Gasteiger partial charge in [-0.05, 0) is 125 Å². The van der Waals surface area contributed by atoms with Crippen LogP contribution in [0.3, 0.4) is 0 Å². The maximum Gasteiger partial charge on any atom is 0.417 e. The number of rotatable bonds is 15. The van der Waals surface area contributed by atoms with Crippen LogP contribution in [0.2, 0.25) is 5.02 Å². The van der Waals surface area contributed by atoms with Crippen LogP contribution in [0, 0.1) is 17.8 Å². The Morgan fingerprint density at radius 2 is 1.32 bits per heavy atom. The molecule has 11 atom stereocenters. The van der Waals surface area contributed by atoms with Crippen LogP contribution in [-0.4, -0.2) is 275 Å². The standard InChI is InChI=1S/C78H111ClF6N12O14/c1-13-33-95-61(41-50-22-26-52(27-23-50)77(80,81)82)70(104)89(8)45-62(98)86-56(29-25-49-24-28-54(55(79)40-49)78(83,84)85)69(103)97-44-53(111-15-3)42-59(97)67(101)88-76(31-18-19-32-76)75(109)93(12)65(51-20-16-17-21-51)74(108)92(11)60(71(105)94-35-37-110-38-36-94)43-63(99)91(10)58(39-46(4)5)66(100)87-64(47(6)14-2)73(107)90(9)48(7)68(102)96-34-30-57(96)72(95)106/h22-24,26-28,40,46-48,51,53,56-61,64-65H,13-21,25,29-39,41-45H2,1-12H3,(H,86,98)(H,87,100)(H,88,101)/t47-,48-,53-,56-,57-,58-,59-,60-,61-,64-,65-/m0/s1. The van der Waals surface area contributed by atoms with Crippen molar-refractivity contribution in [1.82, 2.24) is 60.0 Å². The lowest BCUT2D eigenvalue weighted by molar-refractivity contribution is -0.161. The van der Waals surface area contributed by atoms with Crippen LogP contribution in [0.25, 0.3) is 0 Å². The molecule has 2 aliphatic carbocycles. The number of aryl methyl sites for hydroxylation is 1. The number of amides is 12. The summed E-state index contributed by atoms with van der Waals surface area (Å²) < 4.78 is 95.8. The van der Waals surface area contributed by atoms with Gasteiger partial charge in [-0.3, -0.25) is 57.5 Å². The summed E-state index contributed by atoms with van der Waals surface area (Å²) in [5.41, 5.74) is -3.47. The van der Waals surface area contributed by atoms with Crippen LogP contribution < -0.4 is 16.0 Å². The van der Waals surface area contributed by atoms with Crippen molar-refractivity contribution < 1.29 is 93.4 Å². The number of carbonyl (C=O) groups is 12. The maximum atomic E-state index is 15.9. The van der Waals surface area contributed by atoms with Crippen LogP contribution >= 0.6 is 11.6 Å². The molecule has 12 amide bonds. The fourth-order valence-corrected chi connectivity index (χ4v) is 16.6. The first-order chi connectivity index (χ1) is 52.3. The van der Waals surface area contributed by atoms with Crippen molar-refractivity contribution in [2.24, 2.45) is 17.8 Å². The Hall–Kier alpha value is -8.13. The first-order valence-corrected chi connectivity index (χ1v) is 39.3. The minimum atomic E-state index is -4.83. The molecule has 2 aromatic carbocycles. The van der Waals surface area contributed by atoms with Gasteiger partial charge in [0.05, 0.1) is 48.4 Å². The van der Waals surface area contributed by atoms with Crippen molar-refractivity contribution in [3.63, 3.8) is 0 Å². The molecule has 6 aliphatic rings. The van der Waals surface area contributed by atoms with E-state index in [2.05, 4.69) is 16.0 Å². The van der Waals surface area contributed by atoms with Crippen molar-refractivity contribution in [3.8, 4) is 0 Å². The Labute approximate surface area is 650 Å². The molecule has 0 unspecified atom stereocenters. The average Bonchev–Trinajstić information content (AvgIpc) is 1.76. The predicted molar refractivity (Wildman–Crippen MR) is 397 cm³/mol. The van der Waals surface area contributed by atoms with E-state index in [0.717, 1.165) is 52.3 Å². The summed E-state index contributed by atoms with van der Waals surface area (Å²) in [6.07, 6.45) is -8.10. The van der Waals surface area contributed by atoms with Gasteiger partial charge in [0, 0.05) is 87.4 Å². The second kappa shape index (κ2) is 38.1. The molecule has 4 saturated heterocycles. The van der Waals surface area contributed by atoms with Gasteiger partial charge in [0.1, 0.15) is 59.9 Å². The molecule has 4 heterocycles. The Morgan fingerprint density at radius 1 is 0.685 bits per heavy atom. The summed E-state index contributed by atoms with van der Waals surface area (Å²) in [5.74, 6) is -10.4. The van der Waals surface area contributed by atoms with Gasteiger partial charge in [-0.15, -0.1) is 0 Å². The smallest absolute Gasteiger partial charge is 0.378 e. The largest absolute Gasteiger partial charge is 0.417 e. The summed E-state index contributed by atoms with van der Waals surface area (Å²) >= 11 is 6.19. The molecule has 8 rings (SSSR count). The topological polar surface area (TPSA) is 289 Å². The minimum Gasteiger partial charge on any atom is -0.378 e. The van der Waals surface area contributed by atoms with Gasteiger partial charge in [0.25, 0.3) is 0 Å². The Kier molecular flexibility index (Phi) is 30.4. The van der Waals surface area contributed by atoms with Crippen LogP contribution in [0.1, 0.15) is 167 Å². The van der Waals surface area contributed by atoms with Gasteiger partial charge >= 0.3 is 12.4 Å². The highest BCUT2D eigenvalue weighted by atomic mass is 35.5.